The van der Waals surface area contributed by atoms with E-state index in [2.05, 4.69) is 5.32 Å². The Morgan fingerprint density at radius 3 is 2.50 bits per heavy atom. The first kappa shape index (κ1) is 14.8. The van der Waals surface area contributed by atoms with E-state index in [0.717, 1.165) is 0 Å². The second kappa shape index (κ2) is 6.09. The van der Waals surface area contributed by atoms with Crippen LogP contribution in [0.5, 0.6) is 5.75 Å². The van der Waals surface area contributed by atoms with Crippen LogP contribution in [-0.4, -0.2) is 18.6 Å². The van der Waals surface area contributed by atoms with Gasteiger partial charge in [-0.2, -0.15) is 0 Å². The Morgan fingerprint density at radius 2 is 1.94 bits per heavy atom. The molecule has 0 saturated heterocycles. The summed E-state index contributed by atoms with van der Waals surface area (Å²) >= 11 is 0. The van der Waals surface area contributed by atoms with Crippen LogP contribution in [0.3, 0.4) is 0 Å². The molecular weight excluding hydrogens is 243 g/mol. The number of rotatable bonds is 5. The van der Waals surface area contributed by atoms with Crippen molar-refractivity contribution in [2.45, 2.75) is 39.3 Å². The molecule has 0 saturated carbocycles. The third-order valence-electron chi connectivity index (χ3n) is 2.20. The van der Waals surface area contributed by atoms with Gasteiger partial charge in [0.05, 0.1) is 0 Å². The number of halogens is 3. The molecule has 0 spiro atoms. The van der Waals surface area contributed by atoms with Crippen LogP contribution >= 0.6 is 0 Å². The van der Waals surface area contributed by atoms with E-state index in [1.807, 2.05) is 20.8 Å². The van der Waals surface area contributed by atoms with Gasteiger partial charge in [0.1, 0.15) is 18.2 Å². The fourth-order valence-electron chi connectivity index (χ4n) is 1.34. The third kappa shape index (κ3) is 5.40. The second-order valence-corrected chi connectivity index (χ2v) is 5.06. The van der Waals surface area contributed by atoms with Crippen molar-refractivity contribution >= 4 is 0 Å². The van der Waals surface area contributed by atoms with Gasteiger partial charge < -0.3 is 10.1 Å². The molecule has 0 aliphatic heterocycles. The van der Waals surface area contributed by atoms with Gasteiger partial charge in [0.15, 0.2) is 0 Å². The minimum absolute atomic E-state index is 0.147. The first-order valence-corrected chi connectivity index (χ1v) is 5.72. The summed E-state index contributed by atoms with van der Waals surface area (Å²) in [6.45, 7) is 5.57. The number of alkyl halides is 2. The van der Waals surface area contributed by atoms with Gasteiger partial charge in [0.25, 0.3) is 6.43 Å². The SMILES string of the molecule is CC(C)(C)NCc1cc(F)ccc1OCC(F)F. The second-order valence-electron chi connectivity index (χ2n) is 5.06. The fourth-order valence-corrected chi connectivity index (χ4v) is 1.34. The average molecular weight is 261 g/mol. The zero-order chi connectivity index (χ0) is 13.8. The van der Waals surface area contributed by atoms with Crippen LogP contribution in [0, 0.1) is 5.82 Å². The van der Waals surface area contributed by atoms with Gasteiger partial charge >= 0.3 is 0 Å². The topological polar surface area (TPSA) is 21.3 Å². The Hall–Kier alpha value is -1.23. The van der Waals surface area contributed by atoms with Gasteiger partial charge in [-0.15, -0.1) is 0 Å². The highest BCUT2D eigenvalue weighted by Gasteiger charge is 2.13. The monoisotopic (exact) mass is 261 g/mol. The van der Waals surface area contributed by atoms with Crippen LogP contribution in [0.25, 0.3) is 0 Å². The summed E-state index contributed by atoms with van der Waals surface area (Å²) in [7, 11) is 0. The smallest absolute Gasteiger partial charge is 0.272 e. The molecule has 0 aliphatic rings. The van der Waals surface area contributed by atoms with E-state index >= 15 is 0 Å². The summed E-state index contributed by atoms with van der Waals surface area (Å²) in [6.07, 6.45) is -2.54. The van der Waals surface area contributed by atoms with Crippen molar-refractivity contribution in [3.8, 4) is 5.75 Å². The summed E-state index contributed by atoms with van der Waals surface area (Å²) in [5.74, 6) is -0.126. The molecule has 0 heterocycles. The predicted molar refractivity (Wildman–Crippen MR) is 64.5 cm³/mol. The van der Waals surface area contributed by atoms with Crippen molar-refractivity contribution in [2.24, 2.45) is 0 Å². The lowest BCUT2D eigenvalue weighted by Crippen LogP contribution is -2.35. The molecule has 1 aromatic rings. The van der Waals surface area contributed by atoms with Gasteiger partial charge in [-0.3, -0.25) is 0 Å². The molecule has 0 atom stereocenters. The lowest BCUT2D eigenvalue weighted by molar-refractivity contribution is 0.0812. The van der Waals surface area contributed by atoms with Gasteiger partial charge in [-0.1, -0.05) is 0 Å². The van der Waals surface area contributed by atoms with Gasteiger partial charge in [0, 0.05) is 17.6 Å². The molecule has 18 heavy (non-hydrogen) atoms. The predicted octanol–water partition coefficient (Wildman–Crippen LogP) is 3.36. The maximum Gasteiger partial charge on any atom is 0.272 e. The zero-order valence-corrected chi connectivity index (χ0v) is 10.8. The summed E-state index contributed by atoms with van der Waals surface area (Å²) in [5, 5.41) is 3.16. The highest BCUT2D eigenvalue weighted by atomic mass is 19.3. The van der Waals surface area contributed by atoms with Crippen molar-refractivity contribution in [1.29, 1.82) is 0 Å². The number of benzene rings is 1. The molecule has 5 heteroatoms. The molecule has 0 radical (unpaired) electrons. The van der Waals surface area contributed by atoms with E-state index in [1.165, 1.54) is 18.2 Å². The molecule has 2 nitrogen and oxygen atoms in total. The third-order valence-corrected chi connectivity index (χ3v) is 2.20. The Morgan fingerprint density at radius 1 is 1.28 bits per heavy atom. The van der Waals surface area contributed by atoms with Crippen LogP contribution in [0.15, 0.2) is 18.2 Å². The lowest BCUT2D eigenvalue weighted by Gasteiger charge is -2.21. The molecule has 0 fully saturated rings. The maximum absolute atomic E-state index is 13.1. The van der Waals surface area contributed by atoms with E-state index in [-0.39, 0.29) is 11.3 Å². The zero-order valence-electron chi connectivity index (χ0n) is 10.8. The summed E-state index contributed by atoms with van der Waals surface area (Å²) < 4.78 is 42.3. The van der Waals surface area contributed by atoms with Crippen LogP contribution in [0.1, 0.15) is 26.3 Å². The number of hydrogen-bond donors (Lipinski definition) is 1. The highest BCUT2D eigenvalue weighted by molar-refractivity contribution is 5.34. The average Bonchev–Trinajstić information content (AvgIpc) is 2.23. The number of nitrogens with one attached hydrogen (secondary N) is 1. The van der Waals surface area contributed by atoms with E-state index in [1.54, 1.807) is 0 Å². The van der Waals surface area contributed by atoms with Crippen molar-refractivity contribution in [3.05, 3.63) is 29.6 Å². The summed E-state index contributed by atoms with van der Waals surface area (Å²) in [6, 6.07) is 3.86. The molecule has 0 bridgehead atoms. The maximum atomic E-state index is 13.1. The van der Waals surface area contributed by atoms with E-state index in [0.29, 0.717) is 12.1 Å². The number of ether oxygens (including phenoxy) is 1. The van der Waals surface area contributed by atoms with Gasteiger partial charge in [-0.05, 0) is 39.0 Å². The molecular formula is C13H18F3NO. The van der Waals surface area contributed by atoms with E-state index < -0.39 is 18.8 Å². The molecule has 1 aromatic carbocycles. The van der Waals surface area contributed by atoms with Gasteiger partial charge in [0.2, 0.25) is 0 Å². The standard InChI is InChI=1S/C13H18F3NO/c1-13(2,3)17-7-9-6-10(14)4-5-11(9)18-8-12(15)16/h4-6,12,17H,7-8H2,1-3H3. The summed E-state index contributed by atoms with van der Waals surface area (Å²) in [5.41, 5.74) is 0.386. The van der Waals surface area contributed by atoms with Gasteiger partial charge in [-0.25, -0.2) is 13.2 Å². The Labute approximate surface area is 105 Å². The molecule has 1 rings (SSSR count). The largest absolute Gasteiger partial charge is 0.487 e. The van der Waals surface area contributed by atoms with Crippen LogP contribution in [0.4, 0.5) is 13.2 Å². The minimum Gasteiger partial charge on any atom is -0.487 e. The molecule has 0 aliphatic carbocycles. The molecule has 0 amide bonds. The van der Waals surface area contributed by atoms with E-state index in [9.17, 15) is 13.2 Å². The minimum atomic E-state index is -2.54. The van der Waals surface area contributed by atoms with Crippen LogP contribution in [0.2, 0.25) is 0 Å². The van der Waals surface area contributed by atoms with Crippen molar-refractivity contribution in [1.82, 2.24) is 5.32 Å². The van der Waals surface area contributed by atoms with Crippen LogP contribution < -0.4 is 10.1 Å². The Bertz CT molecular complexity index is 388. The Kier molecular flexibility index (Phi) is 5.02. The summed E-state index contributed by atoms with van der Waals surface area (Å²) in [4.78, 5) is 0. The molecule has 102 valence electrons. The van der Waals surface area contributed by atoms with Crippen molar-refractivity contribution in [3.63, 3.8) is 0 Å². The van der Waals surface area contributed by atoms with Crippen LogP contribution in [-0.2, 0) is 6.54 Å². The molecule has 0 unspecified atom stereocenters. The lowest BCUT2D eigenvalue weighted by atomic mass is 10.1. The van der Waals surface area contributed by atoms with Crippen molar-refractivity contribution in [2.75, 3.05) is 6.61 Å². The van der Waals surface area contributed by atoms with E-state index in [4.69, 9.17) is 4.74 Å². The highest BCUT2D eigenvalue weighted by Crippen LogP contribution is 2.21. The Balaban J connectivity index is 2.76. The quantitative estimate of drug-likeness (QED) is 0.877. The first-order chi connectivity index (χ1) is 8.28. The molecule has 1 N–H and O–H groups in total. The normalized spacial score (nSPS) is 11.9. The first-order valence-electron chi connectivity index (χ1n) is 5.72. The fraction of sp³-hybridized carbons (Fsp3) is 0.538. The van der Waals surface area contributed by atoms with Crippen molar-refractivity contribution < 1.29 is 17.9 Å². The molecule has 0 aromatic heterocycles. The number of hydrogen-bond acceptors (Lipinski definition) is 2.